The number of carboxylic acids is 1. The van der Waals surface area contributed by atoms with Gasteiger partial charge in [0.1, 0.15) is 6.04 Å². The second-order valence-electron chi connectivity index (χ2n) is 4.26. The molecule has 11 heteroatoms. The van der Waals surface area contributed by atoms with Crippen molar-refractivity contribution in [3.63, 3.8) is 0 Å². The number of piperazine rings is 1. The zero-order valence-electron chi connectivity index (χ0n) is 10.7. The van der Waals surface area contributed by atoms with Crippen LogP contribution in [-0.4, -0.2) is 59.4 Å². The molecule has 2 N–H and O–H groups in total. The molecule has 1 aliphatic rings. The van der Waals surface area contributed by atoms with Gasteiger partial charge in [0.15, 0.2) is 0 Å². The van der Waals surface area contributed by atoms with E-state index < -0.39 is 37.7 Å². The smallest absolute Gasteiger partial charge is 0.323 e. The Bertz CT molecular complexity index is 676. The van der Waals surface area contributed by atoms with Crippen molar-refractivity contribution in [1.29, 1.82) is 0 Å². The number of nitrogens with zero attached hydrogens (tertiary/aromatic N) is 3. The normalized spacial score (nSPS) is 20.1. The van der Waals surface area contributed by atoms with E-state index in [1.54, 1.807) is 0 Å². The van der Waals surface area contributed by atoms with Crippen molar-refractivity contribution in [2.75, 3.05) is 19.6 Å². The Morgan fingerprint density at radius 2 is 2.29 bits per heavy atom. The van der Waals surface area contributed by atoms with Crippen LogP contribution in [0, 0.1) is 10.1 Å². The molecule has 0 unspecified atom stereocenters. The Morgan fingerprint density at radius 3 is 2.90 bits per heavy atom. The Balaban J connectivity index is 2.51. The third-order valence-corrected chi connectivity index (χ3v) is 4.84. The summed E-state index contributed by atoms with van der Waals surface area (Å²) in [6.45, 7) is 0.0753. The highest BCUT2D eigenvalue weighted by Gasteiger charge is 2.41. The van der Waals surface area contributed by atoms with Crippen LogP contribution in [-0.2, 0) is 14.8 Å². The average Bonchev–Trinajstić information content (AvgIpc) is 2.47. The minimum Gasteiger partial charge on any atom is -0.480 e. The highest BCUT2D eigenvalue weighted by molar-refractivity contribution is 7.89. The highest BCUT2D eigenvalue weighted by Crippen LogP contribution is 2.25. The largest absolute Gasteiger partial charge is 0.480 e. The highest BCUT2D eigenvalue weighted by atomic mass is 32.2. The predicted molar refractivity (Wildman–Crippen MR) is 69.1 cm³/mol. The van der Waals surface area contributed by atoms with Gasteiger partial charge in [0.05, 0.1) is 4.92 Å². The number of aromatic nitrogens is 1. The molecule has 114 valence electrons. The summed E-state index contributed by atoms with van der Waals surface area (Å²) < 4.78 is 25.7. The molecule has 0 aromatic carbocycles. The van der Waals surface area contributed by atoms with Gasteiger partial charge in [0.2, 0.25) is 5.03 Å². The quantitative estimate of drug-likeness (QED) is 0.534. The van der Waals surface area contributed by atoms with E-state index in [4.69, 9.17) is 5.11 Å². The topological polar surface area (TPSA) is 143 Å². The molecule has 21 heavy (non-hydrogen) atoms. The van der Waals surface area contributed by atoms with Crippen molar-refractivity contribution in [3.05, 3.63) is 28.4 Å². The van der Waals surface area contributed by atoms with Crippen molar-refractivity contribution in [2.24, 2.45) is 0 Å². The molecular formula is C10H12N4O6S. The van der Waals surface area contributed by atoms with Crippen LogP contribution in [0.5, 0.6) is 0 Å². The lowest BCUT2D eigenvalue weighted by atomic mass is 10.2. The predicted octanol–water partition coefficient (Wildman–Crippen LogP) is -0.963. The van der Waals surface area contributed by atoms with Gasteiger partial charge in [-0.3, -0.25) is 14.9 Å². The summed E-state index contributed by atoms with van der Waals surface area (Å²) in [5.41, 5.74) is -0.680. The zero-order valence-corrected chi connectivity index (χ0v) is 11.5. The molecule has 0 amide bonds. The summed E-state index contributed by atoms with van der Waals surface area (Å²) in [6, 6.07) is 0.923. The first-order valence-electron chi connectivity index (χ1n) is 5.90. The van der Waals surface area contributed by atoms with Gasteiger partial charge in [0, 0.05) is 31.9 Å². The molecule has 1 aromatic rings. The number of hydrogen-bond acceptors (Lipinski definition) is 7. The summed E-state index contributed by atoms with van der Waals surface area (Å²) in [6.07, 6.45) is 1.11. The summed E-state index contributed by atoms with van der Waals surface area (Å²) >= 11 is 0. The Morgan fingerprint density at radius 1 is 1.57 bits per heavy atom. The molecule has 2 heterocycles. The Labute approximate surface area is 119 Å². The summed E-state index contributed by atoms with van der Waals surface area (Å²) in [5.74, 6) is -1.33. The van der Waals surface area contributed by atoms with Crippen molar-refractivity contribution in [1.82, 2.24) is 14.6 Å². The van der Waals surface area contributed by atoms with Crippen LogP contribution in [0.25, 0.3) is 0 Å². The fourth-order valence-corrected chi connectivity index (χ4v) is 3.67. The second kappa shape index (κ2) is 5.71. The summed E-state index contributed by atoms with van der Waals surface area (Å²) in [7, 11) is -4.37. The van der Waals surface area contributed by atoms with E-state index in [1.807, 2.05) is 0 Å². The van der Waals surface area contributed by atoms with Gasteiger partial charge in [-0.05, 0) is 6.07 Å². The maximum atomic E-state index is 12.5. The van der Waals surface area contributed by atoms with Gasteiger partial charge in [-0.25, -0.2) is 13.4 Å². The lowest BCUT2D eigenvalue weighted by Crippen LogP contribution is -2.56. The maximum absolute atomic E-state index is 12.5. The van der Waals surface area contributed by atoms with Crippen LogP contribution >= 0.6 is 0 Å². The summed E-state index contributed by atoms with van der Waals surface area (Å²) in [5, 5.41) is 22.0. The number of carboxylic acid groups (broad SMARTS) is 1. The first kappa shape index (κ1) is 15.3. The third-order valence-electron chi connectivity index (χ3n) is 2.98. The van der Waals surface area contributed by atoms with Crippen molar-refractivity contribution in [2.45, 2.75) is 11.1 Å². The van der Waals surface area contributed by atoms with E-state index in [9.17, 15) is 23.3 Å². The number of carbonyl (C=O) groups is 1. The number of nitrogens with one attached hydrogen (secondary N) is 1. The van der Waals surface area contributed by atoms with Crippen LogP contribution in [0.1, 0.15) is 0 Å². The van der Waals surface area contributed by atoms with Crippen molar-refractivity contribution in [3.8, 4) is 0 Å². The third kappa shape index (κ3) is 2.84. The molecule has 1 aromatic heterocycles. The Kier molecular flexibility index (Phi) is 4.16. The van der Waals surface area contributed by atoms with Crippen LogP contribution in [0.2, 0.25) is 0 Å². The molecule has 2 rings (SSSR count). The molecule has 1 aliphatic heterocycles. The molecule has 0 spiro atoms. The van der Waals surface area contributed by atoms with E-state index in [0.717, 1.165) is 16.6 Å². The van der Waals surface area contributed by atoms with E-state index in [0.29, 0.717) is 0 Å². The molecule has 1 fully saturated rings. The number of nitro groups is 1. The average molecular weight is 316 g/mol. The van der Waals surface area contributed by atoms with Gasteiger partial charge >= 0.3 is 11.7 Å². The van der Waals surface area contributed by atoms with E-state index in [2.05, 4.69) is 10.3 Å². The minimum atomic E-state index is -4.37. The molecule has 1 saturated heterocycles. The first-order chi connectivity index (χ1) is 9.85. The number of hydrogen-bond donors (Lipinski definition) is 2. The molecule has 0 bridgehead atoms. The van der Waals surface area contributed by atoms with E-state index >= 15 is 0 Å². The number of pyridine rings is 1. The van der Waals surface area contributed by atoms with Crippen LogP contribution in [0.4, 0.5) is 5.69 Å². The summed E-state index contributed by atoms with van der Waals surface area (Å²) in [4.78, 5) is 24.8. The lowest BCUT2D eigenvalue weighted by molar-refractivity contribution is -0.388. The molecule has 1 atom stereocenters. The van der Waals surface area contributed by atoms with E-state index in [-0.39, 0.29) is 19.6 Å². The molecule has 0 radical (unpaired) electrons. The van der Waals surface area contributed by atoms with Crippen molar-refractivity contribution < 1.29 is 23.2 Å². The number of aliphatic carboxylic acids is 1. The van der Waals surface area contributed by atoms with Gasteiger partial charge < -0.3 is 10.4 Å². The maximum Gasteiger partial charge on any atom is 0.323 e. The SMILES string of the molecule is O=C(O)[C@@H]1CNCCN1S(=O)(=O)c1ncccc1[N+](=O)[O-]. The number of rotatable bonds is 4. The Hall–Kier alpha value is -2.11. The lowest BCUT2D eigenvalue weighted by Gasteiger charge is -2.31. The van der Waals surface area contributed by atoms with Gasteiger partial charge in [-0.2, -0.15) is 4.31 Å². The molecule has 0 saturated carbocycles. The fraction of sp³-hybridized carbons (Fsp3) is 0.400. The van der Waals surface area contributed by atoms with Gasteiger partial charge in [-0.1, -0.05) is 0 Å². The number of sulfonamides is 1. The van der Waals surface area contributed by atoms with Crippen LogP contribution < -0.4 is 5.32 Å². The molecular weight excluding hydrogens is 304 g/mol. The minimum absolute atomic E-state index is 0.0742. The first-order valence-corrected chi connectivity index (χ1v) is 7.34. The van der Waals surface area contributed by atoms with Gasteiger partial charge in [-0.15, -0.1) is 0 Å². The van der Waals surface area contributed by atoms with E-state index in [1.165, 1.54) is 6.07 Å². The standard InChI is InChI=1S/C10H12N4O6S/c15-10(16)8-6-11-4-5-13(8)21(19,20)9-7(14(17)18)2-1-3-12-9/h1-3,8,11H,4-6H2,(H,15,16)/t8-/m0/s1. The van der Waals surface area contributed by atoms with Gasteiger partial charge in [0.25, 0.3) is 10.0 Å². The monoisotopic (exact) mass is 316 g/mol. The fourth-order valence-electron chi connectivity index (χ4n) is 2.01. The molecule has 10 nitrogen and oxygen atoms in total. The van der Waals surface area contributed by atoms with Crippen molar-refractivity contribution >= 4 is 21.7 Å². The zero-order chi connectivity index (χ0) is 15.6. The molecule has 0 aliphatic carbocycles. The second-order valence-corrected chi connectivity index (χ2v) is 6.06. The van der Waals surface area contributed by atoms with Crippen LogP contribution in [0.3, 0.4) is 0 Å². The van der Waals surface area contributed by atoms with Crippen LogP contribution in [0.15, 0.2) is 23.4 Å².